The van der Waals surface area contributed by atoms with Gasteiger partial charge in [0.25, 0.3) is 15.9 Å². The first kappa shape index (κ1) is 25.9. The summed E-state index contributed by atoms with van der Waals surface area (Å²) in [6.07, 6.45) is -1.08. The number of rotatable bonds is 8. The Morgan fingerprint density at radius 2 is 1.81 bits per heavy atom. The average molecular weight is 551 g/mol. The average Bonchev–Trinajstić information content (AvgIpc) is 2.87. The molecule has 4 rings (SSSR count). The van der Waals surface area contributed by atoms with E-state index >= 15 is 0 Å². The van der Waals surface area contributed by atoms with E-state index in [1.807, 2.05) is 13.0 Å². The van der Waals surface area contributed by atoms with Gasteiger partial charge in [0, 0.05) is 10.0 Å². The standard InChI is InChI=1S/C25H24Cl2N2O6S/c1-16-3-5-19(14-21(16)27)34-12-11-28-25(30)24-15-29(22-13-17(26)4-10-23(22)35-24)36(31,32)20-8-6-18(33-2)7-9-20/h3-10,13-14,24H,11-12,15H2,1-2H3,(H,28,30)/t24-/m1/s1. The van der Waals surface area contributed by atoms with Gasteiger partial charge in [-0.05, 0) is 67.1 Å². The van der Waals surface area contributed by atoms with Crippen LogP contribution in [0.4, 0.5) is 5.69 Å². The summed E-state index contributed by atoms with van der Waals surface area (Å²) >= 11 is 12.2. The minimum absolute atomic E-state index is 0.0421. The SMILES string of the molecule is COc1ccc(S(=O)(=O)N2C[C@H](C(=O)NCCOc3ccc(C)c(Cl)c3)Oc3ccc(Cl)cc32)cc1. The first-order chi connectivity index (χ1) is 17.2. The summed E-state index contributed by atoms with van der Waals surface area (Å²) in [5.74, 6) is 0.854. The van der Waals surface area contributed by atoms with Crippen molar-refractivity contribution in [3.63, 3.8) is 0 Å². The molecule has 3 aromatic rings. The van der Waals surface area contributed by atoms with E-state index in [2.05, 4.69) is 5.32 Å². The fourth-order valence-corrected chi connectivity index (χ4v) is 5.39. The van der Waals surface area contributed by atoms with Gasteiger partial charge in [-0.25, -0.2) is 8.42 Å². The molecule has 0 radical (unpaired) electrons. The molecule has 36 heavy (non-hydrogen) atoms. The van der Waals surface area contributed by atoms with Gasteiger partial charge in [-0.2, -0.15) is 0 Å². The molecule has 0 bridgehead atoms. The number of nitrogens with zero attached hydrogens (tertiary/aromatic N) is 1. The predicted molar refractivity (Wildman–Crippen MR) is 138 cm³/mol. The van der Waals surface area contributed by atoms with Gasteiger partial charge in [-0.1, -0.05) is 29.3 Å². The van der Waals surface area contributed by atoms with Crippen LogP contribution in [0.15, 0.2) is 65.6 Å². The quantitative estimate of drug-likeness (QED) is 0.416. The lowest BCUT2D eigenvalue weighted by Gasteiger charge is -2.34. The molecule has 0 unspecified atom stereocenters. The number of fused-ring (bicyclic) bond motifs is 1. The van der Waals surface area contributed by atoms with Crippen LogP contribution < -0.4 is 23.8 Å². The molecule has 0 saturated carbocycles. The van der Waals surface area contributed by atoms with Crippen LogP contribution in [0, 0.1) is 6.92 Å². The van der Waals surface area contributed by atoms with E-state index in [-0.39, 0.29) is 36.0 Å². The Labute approximate surface area is 219 Å². The van der Waals surface area contributed by atoms with Crippen LogP contribution in [-0.4, -0.2) is 47.2 Å². The molecule has 190 valence electrons. The summed E-state index contributed by atoms with van der Waals surface area (Å²) in [6.45, 7) is 2.03. The third-order valence-electron chi connectivity index (χ3n) is 5.54. The van der Waals surface area contributed by atoms with Crippen molar-refractivity contribution < 1.29 is 27.4 Å². The first-order valence-corrected chi connectivity index (χ1v) is 13.2. The molecule has 11 heteroatoms. The number of carbonyl (C=O) groups excluding carboxylic acids is 1. The molecule has 1 heterocycles. The highest BCUT2D eigenvalue weighted by Crippen LogP contribution is 2.39. The van der Waals surface area contributed by atoms with Crippen molar-refractivity contribution in [1.82, 2.24) is 5.32 Å². The van der Waals surface area contributed by atoms with E-state index in [4.69, 9.17) is 37.4 Å². The van der Waals surface area contributed by atoms with Gasteiger partial charge in [-0.15, -0.1) is 0 Å². The third kappa shape index (κ3) is 5.64. The van der Waals surface area contributed by atoms with Crippen LogP contribution in [-0.2, 0) is 14.8 Å². The minimum Gasteiger partial charge on any atom is -0.497 e. The van der Waals surface area contributed by atoms with Gasteiger partial charge >= 0.3 is 0 Å². The van der Waals surface area contributed by atoms with Crippen LogP contribution in [0.1, 0.15) is 5.56 Å². The molecule has 0 aromatic heterocycles. The highest BCUT2D eigenvalue weighted by molar-refractivity contribution is 7.92. The van der Waals surface area contributed by atoms with Gasteiger partial charge in [0.05, 0.1) is 30.8 Å². The Morgan fingerprint density at radius 3 is 2.50 bits per heavy atom. The first-order valence-electron chi connectivity index (χ1n) is 11.0. The molecule has 0 fully saturated rings. The second kappa shape index (κ2) is 10.9. The van der Waals surface area contributed by atoms with Gasteiger partial charge < -0.3 is 19.5 Å². The summed E-state index contributed by atoms with van der Waals surface area (Å²) < 4.78 is 44.8. The van der Waals surface area contributed by atoms with E-state index < -0.39 is 22.0 Å². The predicted octanol–water partition coefficient (Wildman–Crippen LogP) is 4.46. The highest BCUT2D eigenvalue weighted by atomic mass is 35.5. The van der Waals surface area contributed by atoms with E-state index in [9.17, 15) is 13.2 Å². The van der Waals surface area contributed by atoms with Crippen molar-refractivity contribution in [2.24, 2.45) is 0 Å². The van der Waals surface area contributed by atoms with Crippen LogP contribution in [0.2, 0.25) is 10.0 Å². The molecule has 0 aliphatic carbocycles. The number of nitrogens with one attached hydrogen (secondary N) is 1. The zero-order valence-corrected chi connectivity index (χ0v) is 21.9. The monoisotopic (exact) mass is 550 g/mol. The maximum absolute atomic E-state index is 13.5. The number of hydrogen-bond donors (Lipinski definition) is 1. The summed E-state index contributed by atoms with van der Waals surface area (Å²) in [6, 6.07) is 15.9. The Morgan fingerprint density at radius 1 is 1.08 bits per heavy atom. The molecule has 8 nitrogen and oxygen atoms in total. The van der Waals surface area contributed by atoms with E-state index in [0.29, 0.717) is 21.5 Å². The van der Waals surface area contributed by atoms with E-state index in [0.717, 1.165) is 9.87 Å². The smallest absolute Gasteiger partial charge is 0.264 e. The number of sulfonamides is 1. The number of halogens is 2. The van der Waals surface area contributed by atoms with Crippen LogP contribution >= 0.6 is 23.2 Å². The number of anilines is 1. The molecule has 1 atom stereocenters. The van der Waals surface area contributed by atoms with Crippen molar-refractivity contribution in [3.05, 3.63) is 76.3 Å². The van der Waals surface area contributed by atoms with Crippen LogP contribution in [0.5, 0.6) is 17.2 Å². The molecule has 1 aliphatic rings. The zero-order chi connectivity index (χ0) is 25.9. The normalized spacial score (nSPS) is 15.0. The largest absolute Gasteiger partial charge is 0.497 e. The number of hydrogen-bond acceptors (Lipinski definition) is 6. The second-order valence-corrected chi connectivity index (χ2v) is 10.7. The van der Waals surface area contributed by atoms with Crippen LogP contribution in [0.25, 0.3) is 0 Å². The number of amides is 1. The molecule has 1 N–H and O–H groups in total. The molecular weight excluding hydrogens is 527 g/mol. The van der Waals surface area contributed by atoms with Crippen molar-refractivity contribution in [1.29, 1.82) is 0 Å². The summed E-state index contributed by atoms with van der Waals surface area (Å²) in [7, 11) is -2.54. The van der Waals surface area contributed by atoms with Crippen molar-refractivity contribution in [2.75, 3.05) is 31.1 Å². The number of carbonyl (C=O) groups is 1. The summed E-state index contributed by atoms with van der Waals surface area (Å²) in [5, 5.41) is 3.66. The molecule has 0 spiro atoms. The van der Waals surface area contributed by atoms with Crippen molar-refractivity contribution >= 4 is 44.8 Å². The molecule has 3 aromatic carbocycles. The minimum atomic E-state index is -4.03. The van der Waals surface area contributed by atoms with Gasteiger partial charge in [0.15, 0.2) is 6.10 Å². The number of methoxy groups -OCH3 is 1. The van der Waals surface area contributed by atoms with Crippen LogP contribution in [0.3, 0.4) is 0 Å². The maximum atomic E-state index is 13.5. The fourth-order valence-electron chi connectivity index (χ4n) is 3.58. The zero-order valence-electron chi connectivity index (χ0n) is 19.5. The highest BCUT2D eigenvalue weighted by Gasteiger charge is 2.37. The van der Waals surface area contributed by atoms with E-state index in [1.54, 1.807) is 30.3 Å². The number of aryl methyl sites for hydroxylation is 1. The Hall–Kier alpha value is -3.14. The fraction of sp³-hybridized carbons (Fsp3) is 0.240. The summed E-state index contributed by atoms with van der Waals surface area (Å²) in [5.41, 5.74) is 1.18. The maximum Gasteiger partial charge on any atom is 0.264 e. The van der Waals surface area contributed by atoms with Gasteiger partial charge in [0.1, 0.15) is 23.9 Å². The lowest BCUT2D eigenvalue weighted by molar-refractivity contribution is -0.127. The Bertz CT molecular complexity index is 1370. The number of benzene rings is 3. The molecule has 0 saturated heterocycles. The number of ether oxygens (including phenoxy) is 3. The Balaban J connectivity index is 1.48. The van der Waals surface area contributed by atoms with E-state index in [1.165, 1.54) is 31.4 Å². The summed E-state index contributed by atoms with van der Waals surface area (Å²) in [4.78, 5) is 12.9. The lowest BCUT2D eigenvalue weighted by Crippen LogP contribution is -2.51. The Kier molecular flexibility index (Phi) is 7.82. The van der Waals surface area contributed by atoms with Gasteiger partial charge in [-0.3, -0.25) is 9.10 Å². The molecular formula is C25H24Cl2N2O6S. The third-order valence-corrected chi connectivity index (χ3v) is 7.98. The van der Waals surface area contributed by atoms with Crippen molar-refractivity contribution in [3.8, 4) is 17.2 Å². The molecule has 1 aliphatic heterocycles. The topological polar surface area (TPSA) is 94.2 Å². The second-order valence-electron chi connectivity index (χ2n) is 7.98. The van der Waals surface area contributed by atoms with Crippen molar-refractivity contribution in [2.45, 2.75) is 17.9 Å². The van der Waals surface area contributed by atoms with Gasteiger partial charge in [0.2, 0.25) is 0 Å². The lowest BCUT2D eigenvalue weighted by atomic mass is 10.2. The molecule has 1 amide bonds.